The molecule has 32 heavy (non-hydrogen) atoms. The van der Waals surface area contributed by atoms with Crippen LogP contribution in [0.25, 0.3) is 11.1 Å². The molecule has 0 saturated heterocycles. The van der Waals surface area contributed by atoms with Gasteiger partial charge in [-0.2, -0.15) is 0 Å². The van der Waals surface area contributed by atoms with Crippen LogP contribution in [-0.2, 0) is 0 Å². The summed E-state index contributed by atoms with van der Waals surface area (Å²) in [6.07, 6.45) is 0. The fourth-order valence-electron chi connectivity index (χ4n) is 2.24. The fraction of sp³-hybridized carbons (Fsp3) is 0. The van der Waals surface area contributed by atoms with Crippen molar-refractivity contribution in [3.63, 3.8) is 0 Å². The van der Waals surface area contributed by atoms with E-state index < -0.39 is 4.92 Å². The molecular weight excluding hydrogens is 1000 g/mol. The second kappa shape index (κ2) is 14.6. The van der Waals surface area contributed by atoms with Crippen LogP contribution in [0.1, 0.15) is 0 Å². The van der Waals surface area contributed by atoms with Crippen molar-refractivity contribution in [2.45, 2.75) is 0 Å². The topological polar surface area (TPSA) is 95.2 Å². The van der Waals surface area contributed by atoms with Crippen molar-refractivity contribution in [1.82, 2.24) is 0 Å². The number of nitrogens with zero attached hydrogens (tertiary/aromatic N) is 1. The first-order chi connectivity index (χ1) is 14.9. The van der Waals surface area contributed by atoms with E-state index in [-0.39, 0.29) is 5.69 Å². The molecule has 0 bridgehead atoms. The molecule has 0 saturated carbocycles. The van der Waals surface area contributed by atoms with E-state index >= 15 is 0 Å². The van der Waals surface area contributed by atoms with Crippen molar-refractivity contribution < 1.29 is 4.92 Å². The Balaban J connectivity index is 0.000000318. The molecule has 0 atom stereocenters. The normalized spacial score (nSPS) is 9.91. The first-order valence-corrected chi connectivity index (χ1v) is 17.6. The van der Waals surface area contributed by atoms with Crippen molar-refractivity contribution in [1.29, 1.82) is 0 Å². The Bertz CT molecular complexity index is 1100. The van der Waals surface area contributed by atoms with Crippen molar-refractivity contribution in [3.05, 3.63) is 77.8 Å². The summed E-state index contributed by atoms with van der Waals surface area (Å²) in [7, 11) is 4.77. The molecular formula is C18H11Br7ClN3O2Sn. The van der Waals surface area contributed by atoms with Crippen molar-refractivity contribution in [2.24, 2.45) is 0 Å². The molecule has 5 nitrogen and oxygen atoms in total. The number of anilines is 2. The van der Waals surface area contributed by atoms with Crippen LogP contribution in [0.15, 0.2) is 67.7 Å². The Labute approximate surface area is 260 Å². The molecule has 3 aromatic carbocycles. The third-order valence-electron chi connectivity index (χ3n) is 3.66. The van der Waals surface area contributed by atoms with E-state index in [4.69, 9.17) is 20.4 Å². The number of nitro groups is 1. The summed E-state index contributed by atoms with van der Waals surface area (Å²) in [6.45, 7) is 0. The molecule has 0 aliphatic rings. The molecule has 0 heterocycles. The zero-order chi connectivity index (χ0) is 24.7. The van der Waals surface area contributed by atoms with Crippen LogP contribution in [0.2, 0.25) is 0 Å². The van der Waals surface area contributed by atoms with E-state index in [0.29, 0.717) is 20.3 Å². The van der Waals surface area contributed by atoms with Crippen LogP contribution in [0.4, 0.5) is 17.1 Å². The summed E-state index contributed by atoms with van der Waals surface area (Å²) < 4.78 is 5.60. The zero-order valence-corrected chi connectivity index (χ0v) is 30.6. The van der Waals surface area contributed by atoms with Gasteiger partial charge in [-0.15, -0.1) is 0 Å². The Hall–Kier alpha value is 1.11. The van der Waals surface area contributed by atoms with Gasteiger partial charge in [0.05, 0.1) is 9.40 Å². The van der Waals surface area contributed by atoms with E-state index in [0.717, 1.165) is 54.9 Å². The summed E-state index contributed by atoms with van der Waals surface area (Å²) in [6, 6.07) is 10.7. The minimum absolute atomic E-state index is 0.0464. The standard InChI is InChI=1S/C12H8Br4N2.C6H2Br3NO2.ClH.Sn.H/c13-7-1-5(11(17)3-9(7)15)6-2-8(14)10(16)4-12(6)18;7-3-1-5(9)6(10(11)12)2-4(3)8;;;/h1-4H,17-18H2;1-2H;1H;;/q;;;+1;/p-1. The average molecular weight is 1010 g/mol. The third-order valence-corrected chi connectivity index (χ3v) is 9.83. The molecule has 14 heteroatoms. The monoisotopic (exact) mass is 1010 g/mol. The molecule has 2 radical (unpaired) electrons. The molecule has 0 fully saturated rings. The average Bonchev–Trinajstić information content (AvgIpc) is 2.72. The number of nitrogen functional groups attached to an aromatic ring is 2. The van der Waals surface area contributed by atoms with Crippen LogP contribution in [0.5, 0.6) is 0 Å². The second-order valence-corrected chi connectivity index (χ2v) is 11.7. The molecule has 3 aromatic rings. The van der Waals surface area contributed by atoms with Gasteiger partial charge in [0.1, 0.15) is 0 Å². The maximum absolute atomic E-state index is 10.4. The first-order valence-electron chi connectivity index (χ1n) is 7.92. The number of nitrogens with two attached hydrogens (primary N) is 2. The summed E-state index contributed by atoms with van der Waals surface area (Å²) in [5, 5.41) is 10.4. The molecule has 3 rings (SSSR count). The Morgan fingerprint density at radius 1 is 0.625 bits per heavy atom. The Morgan fingerprint density at radius 2 is 0.938 bits per heavy atom. The van der Waals surface area contributed by atoms with E-state index in [1.807, 2.05) is 24.3 Å². The van der Waals surface area contributed by atoms with Gasteiger partial charge < -0.3 is 11.5 Å². The Morgan fingerprint density at radius 3 is 1.31 bits per heavy atom. The fourth-order valence-corrected chi connectivity index (χ4v) is 5.12. The van der Waals surface area contributed by atoms with E-state index in [2.05, 4.69) is 112 Å². The van der Waals surface area contributed by atoms with E-state index in [1.165, 1.54) is 6.07 Å². The van der Waals surface area contributed by atoms with Gasteiger partial charge in [0, 0.05) is 55.4 Å². The predicted octanol–water partition coefficient (Wildman–Crippen LogP) is 9.49. The number of halogens is 8. The van der Waals surface area contributed by atoms with E-state index in [1.54, 1.807) is 6.07 Å². The molecule has 0 unspecified atom stereocenters. The van der Waals surface area contributed by atoms with Gasteiger partial charge >= 0.3 is 30.3 Å². The van der Waals surface area contributed by atoms with E-state index in [9.17, 15) is 10.1 Å². The van der Waals surface area contributed by atoms with Gasteiger partial charge in [-0.25, -0.2) is 0 Å². The summed E-state index contributed by atoms with van der Waals surface area (Å²) >= 11 is 24.1. The van der Waals surface area contributed by atoms with Gasteiger partial charge in [-0.05, 0) is 142 Å². The Kier molecular flexibility index (Phi) is 14.2. The summed E-state index contributed by atoms with van der Waals surface area (Å²) in [5.74, 6) is 0. The van der Waals surface area contributed by atoms with Crippen LogP contribution in [0.3, 0.4) is 0 Å². The van der Waals surface area contributed by atoms with Crippen LogP contribution >= 0.6 is 120 Å². The van der Waals surface area contributed by atoms with Crippen LogP contribution in [0, 0.1) is 10.1 Å². The number of benzene rings is 3. The van der Waals surface area contributed by atoms with Crippen LogP contribution < -0.4 is 11.5 Å². The molecule has 0 aliphatic heterocycles. The van der Waals surface area contributed by atoms with Gasteiger partial charge in [0.25, 0.3) is 5.69 Å². The summed E-state index contributed by atoms with van der Waals surface area (Å²) in [4.78, 5) is 9.98. The SMILES string of the molecule is Nc1cc(Br)c(Br)cc1-c1cc(Br)c(Br)cc1N.O=[N+]([O-])c1cc(Br)c(Br)cc1Br.[Cl][SnH]. The predicted molar refractivity (Wildman–Crippen MR) is 161 cm³/mol. The maximum atomic E-state index is 10.4. The number of hydrogen-bond donors (Lipinski definition) is 2. The zero-order valence-electron chi connectivity index (χ0n) is 15.5. The number of nitro benzene ring substituents is 1. The second-order valence-electron chi connectivity index (χ2n) is 5.68. The minimum atomic E-state index is -0.443. The first kappa shape index (κ1) is 31.1. The molecule has 0 aromatic heterocycles. The molecule has 0 amide bonds. The van der Waals surface area contributed by atoms with Gasteiger partial charge in [0.2, 0.25) is 0 Å². The molecule has 4 N–H and O–H groups in total. The van der Waals surface area contributed by atoms with Crippen molar-refractivity contribution in [3.8, 4) is 11.1 Å². The summed E-state index contributed by atoms with van der Waals surface area (Å²) in [5.41, 5.74) is 15.3. The van der Waals surface area contributed by atoms with Crippen molar-refractivity contribution in [2.75, 3.05) is 11.5 Å². The van der Waals surface area contributed by atoms with Gasteiger partial charge in [0.15, 0.2) is 0 Å². The number of hydrogen-bond acceptors (Lipinski definition) is 4. The van der Waals surface area contributed by atoms with Gasteiger partial charge in [-0.3, -0.25) is 10.1 Å². The molecule has 0 spiro atoms. The molecule has 0 aliphatic carbocycles. The molecule has 170 valence electrons. The van der Waals surface area contributed by atoms with Crippen LogP contribution in [-0.4, -0.2) is 26.3 Å². The number of rotatable bonds is 2. The van der Waals surface area contributed by atoms with Gasteiger partial charge in [-0.1, -0.05) is 0 Å². The third kappa shape index (κ3) is 8.65. The van der Waals surface area contributed by atoms with Crippen molar-refractivity contribution >= 4 is 159 Å². The quantitative estimate of drug-likeness (QED) is 0.0880.